The molecule has 0 bridgehead atoms. The number of carbonyl (C=O) groups excluding carboxylic acids is 1. The molecule has 4 N–H and O–H groups in total. The molecule has 0 aliphatic rings. The zero-order valence-electron chi connectivity index (χ0n) is 22.5. The van der Waals surface area contributed by atoms with Crippen molar-refractivity contribution in [3.63, 3.8) is 0 Å². The summed E-state index contributed by atoms with van der Waals surface area (Å²) in [6.07, 6.45) is 23.7. The van der Waals surface area contributed by atoms with E-state index in [1.54, 1.807) is 6.08 Å². The topological polar surface area (TPSA) is 124 Å². The van der Waals surface area contributed by atoms with E-state index in [1.807, 2.05) is 0 Å². The predicted octanol–water partition coefficient (Wildman–Crippen LogP) is 5.64. The van der Waals surface area contributed by atoms with Gasteiger partial charge in [-0.05, 0) is 51.4 Å². The number of amides is 1. The fourth-order valence-corrected chi connectivity index (χ4v) is 4.42. The van der Waals surface area contributed by atoms with Crippen LogP contribution in [0.1, 0.15) is 110 Å². The Morgan fingerprint density at radius 3 is 1.89 bits per heavy atom. The van der Waals surface area contributed by atoms with Crippen LogP contribution in [0.2, 0.25) is 0 Å². The number of rotatable bonds is 23. The molecule has 0 aromatic rings. The van der Waals surface area contributed by atoms with Gasteiger partial charge in [-0.3, -0.25) is 9.35 Å². The van der Waals surface area contributed by atoms with E-state index in [0.29, 0.717) is 12.8 Å². The number of hydrogen-bond acceptors (Lipinski definition) is 5. The van der Waals surface area contributed by atoms with Crippen molar-refractivity contribution in [3.05, 3.63) is 36.5 Å². The lowest BCUT2D eigenvalue weighted by molar-refractivity contribution is -0.130. The van der Waals surface area contributed by atoms with Crippen molar-refractivity contribution in [2.45, 2.75) is 128 Å². The van der Waals surface area contributed by atoms with Crippen molar-refractivity contribution in [1.82, 2.24) is 5.32 Å². The van der Waals surface area contributed by atoms with Crippen molar-refractivity contribution >= 4 is 16.0 Å². The Bertz CT molecular complexity index is 732. The lowest BCUT2D eigenvalue weighted by Crippen LogP contribution is -2.50. The molecule has 8 heteroatoms. The molecule has 0 rings (SSSR count). The van der Waals surface area contributed by atoms with Gasteiger partial charge < -0.3 is 15.5 Å². The first kappa shape index (κ1) is 34.5. The van der Waals surface area contributed by atoms with E-state index in [-0.39, 0.29) is 6.42 Å². The number of nitrogens with one attached hydrogen (secondary N) is 1. The molecule has 0 aliphatic carbocycles. The smallest absolute Gasteiger partial charge is 0.267 e. The quantitative estimate of drug-likeness (QED) is 0.0771. The average Bonchev–Trinajstić information content (AvgIpc) is 2.82. The second-order valence-electron chi connectivity index (χ2n) is 9.45. The molecule has 1 amide bonds. The Hall–Kier alpha value is -1.48. The second-order valence-corrected chi connectivity index (χ2v) is 10.9. The number of allylic oxidation sites excluding steroid dienone is 5. The Kier molecular flexibility index (Phi) is 21.8. The summed E-state index contributed by atoms with van der Waals surface area (Å²) in [5, 5.41) is 22.9. The highest BCUT2D eigenvalue weighted by molar-refractivity contribution is 7.85. The van der Waals surface area contributed by atoms with Gasteiger partial charge in [-0.2, -0.15) is 8.42 Å². The first-order chi connectivity index (χ1) is 17.2. The van der Waals surface area contributed by atoms with E-state index in [4.69, 9.17) is 0 Å². The van der Waals surface area contributed by atoms with E-state index in [9.17, 15) is 28.0 Å². The van der Waals surface area contributed by atoms with Gasteiger partial charge in [-0.25, -0.2) is 0 Å². The Morgan fingerprint density at radius 2 is 1.28 bits per heavy atom. The maximum absolute atomic E-state index is 12.4. The predicted molar refractivity (Wildman–Crippen MR) is 148 cm³/mol. The fourth-order valence-electron chi connectivity index (χ4n) is 3.68. The SMILES string of the molecule is CCCC/C=C\CCCCCCC(O)C(=O)NC(CS(=O)(=O)O)C(O)/C=C/CC/C=C/CCCCC. The maximum atomic E-state index is 12.4. The van der Waals surface area contributed by atoms with Crippen LogP contribution in [0.3, 0.4) is 0 Å². The van der Waals surface area contributed by atoms with Crippen molar-refractivity contribution in [3.8, 4) is 0 Å². The summed E-state index contributed by atoms with van der Waals surface area (Å²) in [4.78, 5) is 12.4. The number of aliphatic hydroxyl groups excluding tert-OH is 2. The van der Waals surface area contributed by atoms with Gasteiger partial charge in [0.05, 0.1) is 17.9 Å². The van der Waals surface area contributed by atoms with E-state index < -0.39 is 40.0 Å². The van der Waals surface area contributed by atoms with Gasteiger partial charge in [-0.15, -0.1) is 0 Å². The van der Waals surface area contributed by atoms with Crippen LogP contribution < -0.4 is 5.32 Å². The largest absolute Gasteiger partial charge is 0.387 e. The lowest BCUT2D eigenvalue weighted by atomic mass is 10.1. The Balaban J connectivity index is 4.42. The summed E-state index contributed by atoms with van der Waals surface area (Å²) in [6, 6.07) is -1.25. The van der Waals surface area contributed by atoms with Crippen LogP contribution in [-0.4, -0.2) is 53.1 Å². The summed E-state index contributed by atoms with van der Waals surface area (Å²) in [7, 11) is -4.43. The van der Waals surface area contributed by atoms with Crippen LogP contribution >= 0.6 is 0 Å². The van der Waals surface area contributed by atoms with Crippen molar-refractivity contribution in [2.24, 2.45) is 0 Å². The minimum Gasteiger partial charge on any atom is -0.387 e. The third kappa shape index (κ3) is 21.8. The zero-order valence-corrected chi connectivity index (χ0v) is 23.3. The summed E-state index contributed by atoms with van der Waals surface area (Å²) < 4.78 is 32.0. The summed E-state index contributed by atoms with van der Waals surface area (Å²) >= 11 is 0. The van der Waals surface area contributed by atoms with Crippen LogP contribution in [0, 0.1) is 0 Å². The Morgan fingerprint density at radius 1 is 0.750 bits per heavy atom. The molecule has 0 aliphatic heterocycles. The van der Waals surface area contributed by atoms with Crippen molar-refractivity contribution < 1.29 is 28.0 Å². The van der Waals surface area contributed by atoms with Crippen molar-refractivity contribution in [1.29, 1.82) is 0 Å². The molecule has 0 heterocycles. The fraction of sp³-hybridized carbons (Fsp3) is 0.750. The molecule has 0 fully saturated rings. The molecule has 0 radical (unpaired) electrons. The molecule has 210 valence electrons. The molecule has 0 aromatic carbocycles. The molecular weight excluding hydrogens is 478 g/mol. The Labute approximate surface area is 219 Å². The van der Waals surface area contributed by atoms with Gasteiger partial charge in [0.25, 0.3) is 10.1 Å². The van der Waals surface area contributed by atoms with Crippen LogP contribution in [0.25, 0.3) is 0 Å². The third-order valence-corrected chi connectivity index (χ3v) is 6.68. The monoisotopic (exact) mass is 529 g/mol. The molecule has 0 aromatic heterocycles. The molecule has 36 heavy (non-hydrogen) atoms. The number of unbranched alkanes of at least 4 members (excludes halogenated alkanes) is 10. The van der Waals surface area contributed by atoms with Crippen molar-refractivity contribution in [2.75, 3.05) is 5.75 Å². The number of carbonyl (C=O) groups is 1. The van der Waals surface area contributed by atoms with Gasteiger partial charge in [0.1, 0.15) is 6.10 Å². The minimum atomic E-state index is -4.43. The van der Waals surface area contributed by atoms with Gasteiger partial charge in [0, 0.05) is 0 Å². The molecule has 3 atom stereocenters. The first-order valence-corrected chi connectivity index (χ1v) is 15.4. The normalized spacial score (nSPS) is 15.1. The molecular formula is C28H51NO6S. The molecule has 7 nitrogen and oxygen atoms in total. The summed E-state index contributed by atoms with van der Waals surface area (Å²) in [5.41, 5.74) is 0. The van der Waals surface area contributed by atoms with E-state index in [2.05, 4.69) is 43.5 Å². The van der Waals surface area contributed by atoms with Gasteiger partial charge in [0.15, 0.2) is 0 Å². The minimum absolute atomic E-state index is 0.257. The summed E-state index contributed by atoms with van der Waals surface area (Å²) in [6.45, 7) is 4.34. The van der Waals surface area contributed by atoms with Gasteiger partial charge in [0.2, 0.25) is 5.91 Å². The maximum Gasteiger partial charge on any atom is 0.267 e. The zero-order chi connectivity index (χ0) is 27.1. The molecule has 0 saturated heterocycles. The van der Waals surface area contributed by atoms with Crippen LogP contribution in [0.5, 0.6) is 0 Å². The van der Waals surface area contributed by atoms with Crippen LogP contribution in [0.4, 0.5) is 0 Å². The first-order valence-electron chi connectivity index (χ1n) is 13.8. The van der Waals surface area contributed by atoms with Crippen LogP contribution in [0.15, 0.2) is 36.5 Å². The summed E-state index contributed by atoms with van der Waals surface area (Å²) in [5.74, 6) is -1.58. The molecule has 0 saturated carbocycles. The highest BCUT2D eigenvalue weighted by Crippen LogP contribution is 2.10. The standard InChI is InChI=1S/C28H51NO6S/c1-3-5-7-9-11-13-15-17-19-21-23-27(31)28(32)29-25(24-36(33,34)35)26(30)22-20-18-16-14-12-10-8-6-4-2/h9,11-12,14,20,22,25-27,30-31H,3-8,10,13,15-19,21,23-24H2,1-2H3,(H,29,32)(H,33,34,35)/b11-9-,14-12+,22-20+. The lowest BCUT2D eigenvalue weighted by Gasteiger charge is -2.22. The van der Waals surface area contributed by atoms with E-state index in [1.165, 1.54) is 38.2 Å². The highest BCUT2D eigenvalue weighted by Gasteiger charge is 2.27. The molecule has 3 unspecified atom stereocenters. The van der Waals surface area contributed by atoms with E-state index >= 15 is 0 Å². The number of aliphatic hydroxyl groups is 2. The van der Waals surface area contributed by atoms with Gasteiger partial charge in [-0.1, -0.05) is 95.2 Å². The second kappa shape index (κ2) is 22.7. The van der Waals surface area contributed by atoms with Gasteiger partial charge >= 0.3 is 0 Å². The number of hydrogen-bond donors (Lipinski definition) is 4. The van der Waals surface area contributed by atoms with Crippen LogP contribution in [-0.2, 0) is 14.9 Å². The third-order valence-electron chi connectivity index (χ3n) is 5.90. The highest BCUT2D eigenvalue weighted by atomic mass is 32.2. The molecule has 0 spiro atoms. The average molecular weight is 530 g/mol. The van der Waals surface area contributed by atoms with E-state index in [0.717, 1.165) is 44.9 Å².